The first kappa shape index (κ1) is 10.9. The molecule has 0 nitrogen and oxygen atoms in total. The molecule has 0 unspecified atom stereocenters. The molecule has 0 fully saturated rings. The maximum Gasteiger partial charge on any atom is -0.0149 e. The quantitative estimate of drug-likeness (QED) is 0.693. The van der Waals surface area contributed by atoms with E-state index in [2.05, 4.69) is 62.4 Å². The lowest BCUT2D eigenvalue weighted by atomic mass is 9.94. The fourth-order valence-electron chi connectivity index (χ4n) is 2.15. The van der Waals surface area contributed by atoms with Crippen LogP contribution in [0.3, 0.4) is 0 Å². The van der Waals surface area contributed by atoms with Crippen molar-refractivity contribution in [3.05, 3.63) is 59.7 Å². The zero-order valence-electron chi connectivity index (χ0n) is 10.0. The van der Waals surface area contributed by atoms with Gasteiger partial charge in [0, 0.05) is 0 Å². The molecule has 82 valence electrons. The summed E-state index contributed by atoms with van der Waals surface area (Å²) in [5, 5.41) is 0. The molecule has 0 aliphatic rings. The van der Waals surface area contributed by atoms with Gasteiger partial charge in [0.05, 0.1) is 0 Å². The standard InChI is InChI=1S/C16H18/c1-3-8-14-10-5-7-12-16(14)15-11-6-4-9-13(15)2/h4-7,9-12H,3,8H2,1-2H3. The van der Waals surface area contributed by atoms with E-state index in [0.29, 0.717) is 0 Å². The Hall–Kier alpha value is -1.56. The van der Waals surface area contributed by atoms with E-state index in [-0.39, 0.29) is 0 Å². The van der Waals surface area contributed by atoms with Gasteiger partial charge < -0.3 is 0 Å². The van der Waals surface area contributed by atoms with E-state index < -0.39 is 0 Å². The average Bonchev–Trinajstić information content (AvgIpc) is 2.31. The topological polar surface area (TPSA) is 0 Å². The monoisotopic (exact) mass is 210 g/mol. The molecule has 0 aliphatic heterocycles. The van der Waals surface area contributed by atoms with E-state index in [9.17, 15) is 0 Å². The Labute approximate surface area is 97.9 Å². The van der Waals surface area contributed by atoms with Gasteiger partial charge in [0.2, 0.25) is 0 Å². The van der Waals surface area contributed by atoms with E-state index >= 15 is 0 Å². The van der Waals surface area contributed by atoms with Crippen molar-refractivity contribution in [2.75, 3.05) is 0 Å². The molecule has 0 N–H and O–H groups in total. The zero-order chi connectivity index (χ0) is 11.4. The van der Waals surface area contributed by atoms with E-state index in [1.807, 2.05) is 0 Å². The Morgan fingerprint density at radius 2 is 1.44 bits per heavy atom. The van der Waals surface area contributed by atoms with Crippen LogP contribution in [0.1, 0.15) is 24.5 Å². The molecule has 0 aromatic heterocycles. The minimum absolute atomic E-state index is 1.16. The van der Waals surface area contributed by atoms with Gasteiger partial charge in [-0.1, -0.05) is 61.9 Å². The largest absolute Gasteiger partial charge is 0.0651 e. The highest BCUT2D eigenvalue weighted by atomic mass is 14.1. The van der Waals surface area contributed by atoms with Crippen LogP contribution < -0.4 is 0 Å². The van der Waals surface area contributed by atoms with Gasteiger partial charge in [0.1, 0.15) is 0 Å². The SMILES string of the molecule is CCCc1ccccc1-c1ccccc1C. The minimum atomic E-state index is 1.16. The summed E-state index contributed by atoms with van der Waals surface area (Å²) in [6.07, 6.45) is 2.35. The summed E-state index contributed by atoms with van der Waals surface area (Å²) in [5.41, 5.74) is 5.57. The summed E-state index contributed by atoms with van der Waals surface area (Å²) in [6.45, 7) is 4.41. The van der Waals surface area contributed by atoms with Gasteiger partial charge in [0.15, 0.2) is 0 Å². The van der Waals surface area contributed by atoms with Crippen LogP contribution in [0.25, 0.3) is 11.1 Å². The summed E-state index contributed by atoms with van der Waals surface area (Å²) in [6, 6.07) is 17.3. The van der Waals surface area contributed by atoms with Crippen LogP contribution >= 0.6 is 0 Å². The molecule has 0 saturated carbocycles. The van der Waals surface area contributed by atoms with Gasteiger partial charge in [-0.25, -0.2) is 0 Å². The summed E-state index contributed by atoms with van der Waals surface area (Å²) in [5.74, 6) is 0. The summed E-state index contributed by atoms with van der Waals surface area (Å²) < 4.78 is 0. The maximum absolute atomic E-state index is 2.24. The van der Waals surface area contributed by atoms with Crippen molar-refractivity contribution in [3.63, 3.8) is 0 Å². The normalized spacial score (nSPS) is 10.4. The first-order valence-corrected chi connectivity index (χ1v) is 5.97. The molecule has 2 aromatic carbocycles. The highest BCUT2D eigenvalue weighted by molar-refractivity contribution is 5.70. The van der Waals surface area contributed by atoms with Crippen LogP contribution in [-0.4, -0.2) is 0 Å². The molecule has 0 spiro atoms. The average molecular weight is 210 g/mol. The molecule has 0 bridgehead atoms. The fraction of sp³-hybridized carbons (Fsp3) is 0.250. The molecule has 0 heterocycles. The first-order chi connectivity index (χ1) is 7.83. The van der Waals surface area contributed by atoms with Crippen molar-refractivity contribution in [3.8, 4) is 11.1 Å². The molecule has 2 aromatic rings. The molecular weight excluding hydrogens is 192 g/mol. The molecule has 0 aliphatic carbocycles. The van der Waals surface area contributed by atoms with Crippen LogP contribution in [-0.2, 0) is 6.42 Å². The van der Waals surface area contributed by atoms with Gasteiger partial charge in [-0.05, 0) is 35.6 Å². The second-order valence-corrected chi connectivity index (χ2v) is 4.22. The van der Waals surface area contributed by atoms with Gasteiger partial charge in [-0.15, -0.1) is 0 Å². The number of hydrogen-bond donors (Lipinski definition) is 0. The third-order valence-corrected chi connectivity index (χ3v) is 2.97. The number of benzene rings is 2. The fourth-order valence-corrected chi connectivity index (χ4v) is 2.15. The van der Waals surface area contributed by atoms with E-state index in [4.69, 9.17) is 0 Å². The van der Waals surface area contributed by atoms with Crippen molar-refractivity contribution in [1.82, 2.24) is 0 Å². The minimum Gasteiger partial charge on any atom is -0.0651 e. The smallest absolute Gasteiger partial charge is 0.0149 e. The highest BCUT2D eigenvalue weighted by Crippen LogP contribution is 2.27. The number of hydrogen-bond acceptors (Lipinski definition) is 0. The number of aryl methyl sites for hydroxylation is 2. The van der Waals surface area contributed by atoms with Crippen LogP contribution in [0.2, 0.25) is 0 Å². The van der Waals surface area contributed by atoms with Crippen molar-refractivity contribution in [1.29, 1.82) is 0 Å². The summed E-state index contributed by atoms with van der Waals surface area (Å²) >= 11 is 0. The third kappa shape index (κ3) is 2.16. The first-order valence-electron chi connectivity index (χ1n) is 5.97. The van der Waals surface area contributed by atoms with Crippen LogP contribution in [0.5, 0.6) is 0 Å². The third-order valence-electron chi connectivity index (χ3n) is 2.97. The second-order valence-electron chi connectivity index (χ2n) is 4.22. The predicted octanol–water partition coefficient (Wildman–Crippen LogP) is 4.61. The van der Waals surface area contributed by atoms with E-state index in [0.717, 1.165) is 6.42 Å². The summed E-state index contributed by atoms with van der Waals surface area (Å²) in [7, 11) is 0. The molecule has 0 saturated heterocycles. The molecule has 0 amide bonds. The molecule has 2 rings (SSSR count). The lowest BCUT2D eigenvalue weighted by Gasteiger charge is -2.11. The number of rotatable bonds is 3. The molecule has 0 heteroatoms. The van der Waals surface area contributed by atoms with Crippen LogP contribution in [0.4, 0.5) is 0 Å². The Balaban J connectivity index is 2.51. The Bertz CT molecular complexity index is 469. The zero-order valence-corrected chi connectivity index (χ0v) is 10.0. The van der Waals surface area contributed by atoms with Gasteiger partial charge in [-0.2, -0.15) is 0 Å². The maximum atomic E-state index is 2.24. The molecular formula is C16H18. The van der Waals surface area contributed by atoms with Crippen molar-refractivity contribution < 1.29 is 0 Å². The Kier molecular flexibility index (Phi) is 3.40. The molecule has 16 heavy (non-hydrogen) atoms. The second kappa shape index (κ2) is 4.98. The predicted molar refractivity (Wildman–Crippen MR) is 70.6 cm³/mol. The van der Waals surface area contributed by atoms with E-state index in [1.165, 1.54) is 28.7 Å². The van der Waals surface area contributed by atoms with Crippen molar-refractivity contribution in [2.24, 2.45) is 0 Å². The highest BCUT2D eigenvalue weighted by Gasteiger charge is 2.05. The van der Waals surface area contributed by atoms with Gasteiger partial charge in [0.25, 0.3) is 0 Å². The lowest BCUT2D eigenvalue weighted by Crippen LogP contribution is -1.90. The molecule has 0 radical (unpaired) electrons. The van der Waals surface area contributed by atoms with Crippen molar-refractivity contribution in [2.45, 2.75) is 26.7 Å². The Morgan fingerprint density at radius 1 is 0.812 bits per heavy atom. The lowest BCUT2D eigenvalue weighted by molar-refractivity contribution is 0.923. The van der Waals surface area contributed by atoms with E-state index in [1.54, 1.807) is 0 Å². The molecule has 0 atom stereocenters. The van der Waals surface area contributed by atoms with Gasteiger partial charge >= 0.3 is 0 Å². The van der Waals surface area contributed by atoms with Crippen molar-refractivity contribution >= 4 is 0 Å². The van der Waals surface area contributed by atoms with Gasteiger partial charge in [-0.3, -0.25) is 0 Å². The Morgan fingerprint density at radius 3 is 2.12 bits per heavy atom. The summed E-state index contributed by atoms with van der Waals surface area (Å²) in [4.78, 5) is 0. The van der Waals surface area contributed by atoms with Crippen LogP contribution in [0, 0.1) is 6.92 Å². The van der Waals surface area contributed by atoms with Crippen LogP contribution in [0.15, 0.2) is 48.5 Å².